The van der Waals surface area contributed by atoms with Crippen molar-refractivity contribution in [2.75, 3.05) is 11.9 Å². The van der Waals surface area contributed by atoms with Gasteiger partial charge in [-0.25, -0.2) is 4.98 Å². The van der Waals surface area contributed by atoms with Crippen molar-refractivity contribution < 1.29 is 4.74 Å². The topological polar surface area (TPSA) is 56.9 Å². The predicted octanol–water partition coefficient (Wildman–Crippen LogP) is 2.25. The molecule has 4 rings (SSSR count). The van der Waals surface area contributed by atoms with Crippen LogP contribution in [0, 0.1) is 0 Å². The standard InChI is InChI=1S/C16H19N5O/c1-20-13-6-4-3-5-11(13)18-16(20)19-12-8-10-22-15(12)14-7-9-17-21(14)2/h3-7,9,12,15H,8,10H2,1-2H3,(H,18,19)/t12-,15-/m0/s1. The third-order valence-electron chi connectivity index (χ3n) is 4.34. The molecular weight excluding hydrogens is 278 g/mol. The van der Waals surface area contributed by atoms with Crippen molar-refractivity contribution in [3.63, 3.8) is 0 Å². The highest BCUT2D eigenvalue weighted by Gasteiger charge is 2.32. The summed E-state index contributed by atoms with van der Waals surface area (Å²) in [4.78, 5) is 4.69. The average molecular weight is 297 g/mol. The van der Waals surface area contributed by atoms with E-state index in [0.717, 1.165) is 35.7 Å². The number of nitrogens with one attached hydrogen (secondary N) is 1. The molecular formula is C16H19N5O. The predicted molar refractivity (Wildman–Crippen MR) is 84.6 cm³/mol. The SMILES string of the molecule is Cn1nccc1[C@H]1OCC[C@@H]1Nc1nc2ccccc2n1C. The fraction of sp³-hybridized carbons (Fsp3) is 0.375. The number of ether oxygens (including phenoxy) is 1. The highest BCUT2D eigenvalue weighted by atomic mass is 16.5. The average Bonchev–Trinajstić information content (AvgIpc) is 3.21. The first-order valence-corrected chi connectivity index (χ1v) is 7.51. The molecule has 0 amide bonds. The van der Waals surface area contributed by atoms with Crippen LogP contribution in [0.3, 0.4) is 0 Å². The summed E-state index contributed by atoms with van der Waals surface area (Å²) < 4.78 is 9.88. The second-order valence-corrected chi connectivity index (χ2v) is 5.69. The number of anilines is 1. The Hall–Kier alpha value is -2.34. The molecule has 22 heavy (non-hydrogen) atoms. The van der Waals surface area contributed by atoms with E-state index in [-0.39, 0.29) is 12.1 Å². The summed E-state index contributed by atoms with van der Waals surface area (Å²) >= 11 is 0. The van der Waals surface area contributed by atoms with Crippen LogP contribution in [0.2, 0.25) is 0 Å². The van der Waals surface area contributed by atoms with Gasteiger partial charge in [-0.1, -0.05) is 12.1 Å². The van der Waals surface area contributed by atoms with Crippen LogP contribution in [0.25, 0.3) is 11.0 Å². The molecule has 1 aromatic carbocycles. The van der Waals surface area contributed by atoms with Crippen molar-refractivity contribution in [2.45, 2.75) is 18.6 Å². The van der Waals surface area contributed by atoms with E-state index >= 15 is 0 Å². The molecule has 3 heterocycles. The third-order valence-corrected chi connectivity index (χ3v) is 4.34. The zero-order chi connectivity index (χ0) is 15.1. The summed E-state index contributed by atoms with van der Waals surface area (Å²) in [6.07, 6.45) is 2.77. The van der Waals surface area contributed by atoms with E-state index in [2.05, 4.69) is 26.0 Å². The van der Waals surface area contributed by atoms with Gasteiger partial charge in [-0.3, -0.25) is 4.68 Å². The lowest BCUT2D eigenvalue weighted by atomic mass is 10.1. The lowest BCUT2D eigenvalue weighted by Gasteiger charge is -2.20. The lowest BCUT2D eigenvalue weighted by Crippen LogP contribution is -2.26. The minimum atomic E-state index is 0.00677. The molecule has 1 aliphatic heterocycles. The van der Waals surface area contributed by atoms with Crippen LogP contribution in [0.4, 0.5) is 5.95 Å². The number of aromatic nitrogens is 4. The van der Waals surface area contributed by atoms with Gasteiger partial charge in [0.1, 0.15) is 6.10 Å². The molecule has 1 fully saturated rings. The molecule has 1 saturated heterocycles. The molecule has 1 N–H and O–H groups in total. The highest BCUT2D eigenvalue weighted by molar-refractivity contribution is 5.78. The van der Waals surface area contributed by atoms with Gasteiger partial charge in [-0.15, -0.1) is 0 Å². The highest BCUT2D eigenvalue weighted by Crippen LogP contribution is 2.31. The van der Waals surface area contributed by atoms with Crippen LogP contribution in [0.1, 0.15) is 18.2 Å². The third kappa shape index (κ3) is 2.07. The van der Waals surface area contributed by atoms with E-state index in [1.54, 1.807) is 0 Å². The van der Waals surface area contributed by atoms with Gasteiger partial charge in [0, 0.05) is 26.9 Å². The molecule has 0 aliphatic carbocycles. The minimum Gasteiger partial charge on any atom is -0.370 e. The molecule has 2 atom stereocenters. The number of hydrogen-bond donors (Lipinski definition) is 1. The minimum absolute atomic E-state index is 0.00677. The first kappa shape index (κ1) is 13.3. The molecule has 0 radical (unpaired) electrons. The zero-order valence-corrected chi connectivity index (χ0v) is 12.7. The number of para-hydroxylation sites is 2. The monoisotopic (exact) mass is 297 g/mol. The molecule has 0 unspecified atom stereocenters. The molecule has 0 bridgehead atoms. The van der Waals surface area contributed by atoms with Crippen LogP contribution < -0.4 is 5.32 Å². The smallest absolute Gasteiger partial charge is 0.203 e. The van der Waals surface area contributed by atoms with Gasteiger partial charge in [-0.05, 0) is 24.6 Å². The van der Waals surface area contributed by atoms with Crippen LogP contribution in [0.5, 0.6) is 0 Å². The van der Waals surface area contributed by atoms with E-state index in [0.29, 0.717) is 0 Å². The second kappa shape index (κ2) is 5.14. The van der Waals surface area contributed by atoms with Crippen LogP contribution in [-0.4, -0.2) is 32.0 Å². The Morgan fingerprint density at radius 2 is 2.09 bits per heavy atom. The number of benzene rings is 1. The molecule has 114 valence electrons. The van der Waals surface area contributed by atoms with Gasteiger partial charge >= 0.3 is 0 Å². The Balaban J connectivity index is 1.64. The number of fused-ring (bicyclic) bond motifs is 1. The molecule has 0 saturated carbocycles. The number of nitrogens with zero attached hydrogens (tertiary/aromatic N) is 4. The van der Waals surface area contributed by atoms with Crippen molar-refractivity contribution in [1.82, 2.24) is 19.3 Å². The van der Waals surface area contributed by atoms with E-state index in [1.807, 2.05) is 49.2 Å². The maximum absolute atomic E-state index is 5.92. The van der Waals surface area contributed by atoms with Crippen molar-refractivity contribution in [2.24, 2.45) is 14.1 Å². The largest absolute Gasteiger partial charge is 0.370 e. The maximum atomic E-state index is 5.92. The summed E-state index contributed by atoms with van der Waals surface area (Å²) in [5.41, 5.74) is 3.22. The van der Waals surface area contributed by atoms with E-state index in [9.17, 15) is 0 Å². The summed E-state index contributed by atoms with van der Waals surface area (Å²) in [6.45, 7) is 0.747. The zero-order valence-electron chi connectivity index (χ0n) is 12.7. The Bertz CT molecular complexity index is 806. The van der Waals surface area contributed by atoms with Gasteiger partial charge in [0.15, 0.2) is 0 Å². The van der Waals surface area contributed by atoms with Crippen molar-refractivity contribution in [3.8, 4) is 0 Å². The molecule has 2 aromatic heterocycles. The fourth-order valence-corrected chi connectivity index (χ4v) is 3.13. The number of aryl methyl sites for hydroxylation is 2. The van der Waals surface area contributed by atoms with Crippen molar-refractivity contribution >= 4 is 17.0 Å². The first-order chi connectivity index (χ1) is 10.7. The summed E-state index contributed by atoms with van der Waals surface area (Å²) in [5, 5.41) is 7.79. The number of hydrogen-bond acceptors (Lipinski definition) is 4. The van der Waals surface area contributed by atoms with Gasteiger partial charge in [-0.2, -0.15) is 5.10 Å². The van der Waals surface area contributed by atoms with Crippen molar-refractivity contribution in [1.29, 1.82) is 0 Å². The van der Waals surface area contributed by atoms with Crippen molar-refractivity contribution in [3.05, 3.63) is 42.2 Å². The van der Waals surface area contributed by atoms with E-state index < -0.39 is 0 Å². The van der Waals surface area contributed by atoms with Gasteiger partial charge in [0.25, 0.3) is 0 Å². The molecule has 0 spiro atoms. The maximum Gasteiger partial charge on any atom is 0.203 e. The Kier molecular flexibility index (Phi) is 3.11. The van der Waals surface area contributed by atoms with Crippen LogP contribution in [0.15, 0.2) is 36.5 Å². The molecule has 3 aromatic rings. The van der Waals surface area contributed by atoms with E-state index in [1.165, 1.54) is 0 Å². The second-order valence-electron chi connectivity index (χ2n) is 5.69. The fourth-order valence-electron chi connectivity index (χ4n) is 3.13. The Morgan fingerprint density at radius 1 is 1.23 bits per heavy atom. The lowest BCUT2D eigenvalue weighted by molar-refractivity contribution is 0.101. The van der Waals surface area contributed by atoms with Crippen LogP contribution >= 0.6 is 0 Å². The Labute approximate surface area is 128 Å². The normalized spacial score (nSPS) is 21.5. The summed E-state index contributed by atoms with van der Waals surface area (Å²) in [7, 11) is 3.98. The van der Waals surface area contributed by atoms with Gasteiger partial charge < -0.3 is 14.6 Å². The number of imidazole rings is 1. The molecule has 6 nitrogen and oxygen atoms in total. The molecule has 6 heteroatoms. The summed E-state index contributed by atoms with van der Waals surface area (Å²) in [6, 6.07) is 10.4. The molecule has 1 aliphatic rings. The number of rotatable bonds is 3. The van der Waals surface area contributed by atoms with Gasteiger partial charge in [0.05, 0.1) is 22.8 Å². The first-order valence-electron chi connectivity index (χ1n) is 7.51. The summed E-state index contributed by atoms with van der Waals surface area (Å²) in [5.74, 6) is 0.879. The van der Waals surface area contributed by atoms with Crippen LogP contribution in [-0.2, 0) is 18.8 Å². The quantitative estimate of drug-likeness (QED) is 0.805. The van der Waals surface area contributed by atoms with E-state index in [4.69, 9.17) is 4.74 Å². The van der Waals surface area contributed by atoms with Gasteiger partial charge in [0.2, 0.25) is 5.95 Å². The Morgan fingerprint density at radius 3 is 2.86 bits per heavy atom.